The molecule has 1 aromatic heterocycles. The highest BCUT2D eigenvalue weighted by Crippen LogP contribution is 2.27. The lowest BCUT2D eigenvalue weighted by Gasteiger charge is -2.01. The van der Waals surface area contributed by atoms with Crippen LogP contribution in [0.1, 0.15) is 0 Å². The van der Waals surface area contributed by atoms with E-state index in [0.717, 1.165) is 0 Å². The molecule has 0 amide bonds. The molecule has 0 saturated heterocycles. The van der Waals surface area contributed by atoms with Crippen LogP contribution in [0.25, 0.3) is 11.1 Å². The Kier molecular flexibility index (Phi) is 2.13. The van der Waals surface area contributed by atoms with Crippen LogP contribution in [0, 0.1) is 5.82 Å². The number of aromatic nitrogens is 2. The highest BCUT2D eigenvalue weighted by atomic mass is 35.5. The highest BCUT2D eigenvalue weighted by molar-refractivity contribution is 6.30. The van der Waals surface area contributed by atoms with E-state index in [9.17, 15) is 4.39 Å². The molecule has 0 aliphatic carbocycles. The van der Waals surface area contributed by atoms with Gasteiger partial charge in [-0.05, 0) is 18.2 Å². The Morgan fingerprint density at radius 1 is 1.36 bits per heavy atom. The van der Waals surface area contributed by atoms with E-state index in [1.54, 1.807) is 12.1 Å². The summed E-state index contributed by atoms with van der Waals surface area (Å²) >= 11 is 5.62. The SMILES string of the molecule is Nc1[nH]ncc1-c1ccc(Cl)cc1F. The molecule has 72 valence electrons. The third-order valence-electron chi connectivity index (χ3n) is 1.89. The first-order valence-electron chi connectivity index (χ1n) is 3.93. The summed E-state index contributed by atoms with van der Waals surface area (Å²) in [5.41, 5.74) is 6.49. The summed E-state index contributed by atoms with van der Waals surface area (Å²) in [6, 6.07) is 4.41. The number of hydrogen-bond acceptors (Lipinski definition) is 2. The molecule has 0 fully saturated rings. The predicted molar refractivity (Wildman–Crippen MR) is 53.4 cm³/mol. The molecule has 14 heavy (non-hydrogen) atoms. The fourth-order valence-corrected chi connectivity index (χ4v) is 1.38. The van der Waals surface area contributed by atoms with Gasteiger partial charge in [0.25, 0.3) is 0 Å². The van der Waals surface area contributed by atoms with Gasteiger partial charge in [0.2, 0.25) is 0 Å². The van der Waals surface area contributed by atoms with Gasteiger partial charge < -0.3 is 5.73 Å². The summed E-state index contributed by atoms with van der Waals surface area (Å²) in [5.74, 6) is -0.0724. The molecule has 0 saturated carbocycles. The first kappa shape index (κ1) is 9.02. The minimum Gasteiger partial charge on any atom is -0.384 e. The van der Waals surface area contributed by atoms with E-state index < -0.39 is 5.82 Å². The Morgan fingerprint density at radius 2 is 2.14 bits per heavy atom. The molecule has 2 rings (SSSR count). The maximum Gasteiger partial charge on any atom is 0.132 e. The number of nitrogens with zero attached hydrogens (tertiary/aromatic N) is 1. The lowest BCUT2D eigenvalue weighted by Crippen LogP contribution is -1.89. The molecule has 1 heterocycles. The number of anilines is 1. The summed E-state index contributed by atoms with van der Waals surface area (Å²) in [5, 5.41) is 6.60. The van der Waals surface area contributed by atoms with Crippen LogP contribution in [0.2, 0.25) is 5.02 Å². The van der Waals surface area contributed by atoms with Crippen molar-refractivity contribution in [1.82, 2.24) is 10.2 Å². The van der Waals surface area contributed by atoms with E-state index in [1.165, 1.54) is 12.3 Å². The molecular formula is C9H7ClFN3. The first-order chi connectivity index (χ1) is 6.68. The van der Waals surface area contributed by atoms with Gasteiger partial charge in [-0.15, -0.1) is 0 Å². The van der Waals surface area contributed by atoms with Gasteiger partial charge in [0.1, 0.15) is 11.6 Å². The van der Waals surface area contributed by atoms with Gasteiger partial charge in [-0.25, -0.2) is 4.39 Å². The summed E-state index contributed by atoms with van der Waals surface area (Å²) in [6.07, 6.45) is 1.47. The standard InChI is InChI=1S/C9H7ClFN3/c10-5-1-2-6(8(11)3-5)7-4-13-14-9(7)12/h1-4H,(H3,12,13,14). The van der Waals surface area contributed by atoms with Gasteiger partial charge >= 0.3 is 0 Å². The molecule has 0 bridgehead atoms. The number of H-pyrrole nitrogens is 1. The fraction of sp³-hybridized carbons (Fsp3) is 0. The largest absolute Gasteiger partial charge is 0.384 e. The van der Waals surface area contributed by atoms with Gasteiger partial charge in [0.05, 0.1) is 6.20 Å². The van der Waals surface area contributed by atoms with Gasteiger partial charge in [0, 0.05) is 16.1 Å². The van der Waals surface area contributed by atoms with Crippen molar-refractivity contribution >= 4 is 17.4 Å². The summed E-state index contributed by atoms with van der Waals surface area (Å²) < 4.78 is 13.4. The van der Waals surface area contributed by atoms with E-state index in [4.69, 9.17) is 17.3 Å². The molecule has 0 radical (unpaired) electrons. The maximum atomic E-state index is 13.4. The number of nitrogens with one attached hydrogen (secondary N) is 1. The van der Waals surface area contributed by atoms with Crippen LogP contribution < -0.4 is 5.73 Å². The van der Waals surface area contributed by atoms with Crippen LogP contribution in [0.4, 0.5) is 10.2 Å². The Morgan fingerprint density at radius 3 is 2.71 bits per heavy atom. The zero-order valence-electron chi connectivity index (χ0n) is 7.09. The first-order valence-corrected chi connectivity index (χ1v) is 4.30. The van der Waals surface area contributed by atoms with E-state index in [0.29, 0.717) is 22.0 Å². The van der Waals surface area contributed by atoms with Crippen LogP contribution in [0.5, 0.6) is 0 Å². The predicted octanol–water partition coefficient (Wildman–Crippen LogP) is 2.45. The number of rotatable bonds is 1. The lowest BCUT2D eigenvalue weighted by atomic mass is 10.1. The quantitative estimate of drug-likeness (QED) is 0.761. The topological polar surface area (TPSA) is 54.7 Å². The second kappa shape index (κ2) is 3.31. The van der Waals surface area contributed by atoms with Crippen LogP contribution in [-0.4, -0.2) is 10.2 Å². The number of halogens is 2. The smallest absolute Gasteiger partial charge is 0.132 e. The van der Waals surface area contributed by atoms with Crippen LogP contribution in [0.15, 0.2) is 24.4 Å². The second-order valence-electron chi connectivity index (χ2n) is 2.82. The summed E-state index contributed by atoms with van der Waals surface area (Å²) in [6.45, 7) is 0. The monoisotopic (exact) mass is 211 g/mol. The van der Waals surface area contributed by atoms with Crippen molar-refractivity contribution in [2.75, 3.05) is 5.73 Å². The highest BCUT2D eigenvalue weighted by Gasteiger charge is 2.09. The normalized spacial score (nSPS) is 10.4. The molecule has 5 heteroatoms. The number of aromatic amines is 1. The van der Waals surface area contributed by atoms with Crippen LogP contribution >= 0.6 is 11.6 Å². The van der Waals surface area contributed by atoms with Gasteiger partial charge in [-0.2, -0.15) is 5.10 Å². The Balaban J connectivity index is 2.58. The molecule has 1 aromatic carbocycles. The third kappa shape index (κ3) is 1.44. The van der Waals surface area contributed by atoms with Crippen molar-refractivity contribution < 1.29 is 4.39 Å². The molecule has 0 unspecified atom stereocenters. The Bertz CT molecular complexity index is 467. The van der Waals surface area contributed by atoms with Crippen molar-refractivity contribution in [2.45, 2.75) is 0 Å². The molecule has 0 spiro atoms. The number of benzene rings is 1. The number of hydrogen-bond donors (Lipinski definition) is 2. The zero-order chi connectivity index (χ0) is 10.1. The minimum absolute atomic E-state index is 0.339. The van der Waals surface area contributed by atoms with Gasteiger partial charge in [-0.1, -0.05) is 11.6 Å². The lowest BCUT2D eigenvalue weighted by molar-refractivity contribution is 0.631. The van der Waals surface area contributed by atoms with Crippen molar-refractivity contribution in [2.24, 2.45) is 0 Å². The van der Waals surface area contributed by atoms with Gasteiger partial charge in [0.15, 0.2) is 0 Å². The van der Waals surface area contributed by atoms with Crippen molar-refractivity contribution in [3.05, 3.63) is 35.2 Å². The Hall–Kier alpha value is -1.55. The Labute approximate surface area is 84.7 Å². The van der Waals surface area contributed by atoms with Crippen molar-refractivity contribution in [3.63, 3.8) is 0 Å². The van der Waals surface area contributed by atoms with E-state index in [2.05, 4.69) is 10.2 Å². The molecule has 0 aliphatic rings. The van der Waals surface area contributed by atoms with Gasteiger partial charge in [-0.3, -0.25) is 5.10 Å². The van der Waals surface area contributed by atoms with Crippen molar-refractivity contribution in [3.8, 4) is 11.1 Å². The number of nitrogens with two attached hydrogens (primary N) is 1. The van der Waals surface area contributed by atoms with Crippen LogP contribution in [0.3, 0.4) is 0 Å². The summed E-state index contributed by atoms with van der Waals surface area (Å²) in [7, 11) is 0. The molecule has 3 N–H and O–H groups in total. The summed E-state index contributed by atoms with van der Waals surface area (Å²) in [4.78, 5) is 0. The van der Waals surface area contributed by atoms with Crippen LogP contribution in [-0.2, 0) is 0 Å². The van der Waals surface area contributed by atoms with E-state index in [-0.39, 0.29) is 0 Å². The minimum atomic E-state index is -0.411. The second-order valence-corrected chi connectivity index (χ2v) is 3.26. The van der Waals surface area contributed by atoms with E-state index >= 15 is 0 Å². The third-order valence-corrected chi connectivity index (χ3v) is 2.13. The molecule has 3 nitrogen and oxygen atoms in total. The fourth-order valence-electron chi connectivity index (χ4n) is 1.22. The van der Waals surface area contributed by atoms with Crippen molar-refractivity contribution in [1.29, 1.82) is 0 Å². The molecular weight excluding hydrogens is 205 g/mol. The molecule has 2 aromatic rings. The maximum absolute atomic E-state index is 13.4. The average Bonchev–Trinajstić information content (AvgIpc) is 2.52. The van der Waals surface area contributed by atoms with E-state index in [1.807, 2.05) is 0 Å². The molecule has 0 aliphatic heterocycles. The average molecular weight is 212 g/mol. The molecule has 0 atom stereocenters. The zero-order valence-corrected chi connectivity index (χ0v) is 7.85. The number of nitrogen functional groups attached to an aromatic ring is 1.